The highest BCUT2D eigenvalue weighted by Gasteiger charge is 2.14. The van der Waals surface area contributed by atoms with Gasteiger partial charge in [0.1, 0.15) is 0 Å². The maximum atomic E-state index is 11.9. The van der Waals surface area contributed by atoms with Gasteiger partial charge >= 0.3 is 11.9 Å². The zero-order chi connectivity index (χ0) is 30.3. The third-order valence-electron chi connectivity index (χ3n) is 4.37. The lowest BCUT2D eigenvalue weighted by molar-refractivity contribution is -0.142. The smallest absolute Gasteiger partial charge is 0.311 e. The molecule has 0 unspecified atom stereocenters. The van der Waals surface area contributed by atoms with Crippen LogP contribution in [0.1, 0.15) is 40.5 Å². The van der Waals surface area contributed by atoms with Crippen LogP contribution in [0.2, 0.25) is 0 Å². The summed E-state index contributed by atoms with van der Waals surface area (Å²) in [6.07, 6.45) is -0.118. The van der Waals surface area contributed by atoms with E-state index in [9.17, 15) is 26.4 Å². The second-order valence-corrected chi connectivity index (χ2v) is 12.9. The molecule has 0 saturated heterocycles. The zero-order valence-electron chi connectivity index (χ0n) is 22.2. The minimum atomic E-state index is -3.73. The van der Waals surface area contributed by atoms with E-state index in [2.05, 4.69) is 51.7 Å². The van der Waals surface area contributed by atoms with E-state index in [0.717, 1.165) is 8.95 Å². The van der Waals surface area contributed by atoms with Gasteiger partial charge in [0.25, 0.3) is 20.0 Å². The van der Waals surface area contributed by atoms with E-state index < -0.39 is 32.0 Å². The molecule has 0 bridgehead atoms. The van der Waals surface area contributed by atoms with E-state index in [1.807, 2.05) is 0 Å². The number of esters is 2. The Morgan fingerprint density at radius 1 is 0.675 bits per heavy atom. The van der Waals surface area contributed by atoms with Crippen LogP contribution in [0.4, 0.5) is 0 Å². The van der Waals surface area contributed by atoms with Crippen molar-refractivity contribution in [3.8, 4) is 0 Å². The molecule has 0 saturated carbocycles. The standard InChI is InChI=1S/2C12H15BrN2O4S/c2*1-3-19-12(16)8-9(2)14-15-20(17,18)11-6-4-10(13)5-7-11/h2*4-7,15H,3,8H2,1-2H3/b2*14-9+. The highest BCUT2D eigenvalue weighted by molar-refractivity contribution is 9.10. The number of hydrogen-bond donors (Lipinski definition) is 2. The van der Waals surface area contributed by atoms with Gasteiger partial charge in [0.2, 0.25) is 0 Å². The molecule has 12 nitrogen and oxygen atoms in total. The molecule has 0 amide bonds. The molecule has 0 aliphatic heterocycles. The third kappa shape index (κ3) is 13.5. The lowest BCUT2D eigenvalue weighted by Crippen LogP contribution is -2.20. The van der Waals surface area contributed by atoms with Gasteiger partial charge in [0.15, 0.2) is 0 Å². The molecule has 0 spiro atoms. The van der Waals surface area contributed by atoms with Crippen molar-refractivity contribution in [3.63, 3.8) is 0 Å². The SMILES string of the molecule is CCOC(=O)C/C(C)=N/NS(=O)(=O)c1ccc(Br)cc1.CCOC(=O)C/C(C)=N/NS(=O)(=O)c1ccc(Br)cc1. The van der Waals surface area contributed by atoms with Gasteiger partial charge in [-0.3, -0.25) is 9.59 Å². The lowest BCUT2D eigenvalue weighted by Gasteiger charge is -2.05. The molecule has 0 aliphatic rings. The first-order chi connectivity index (χ1) is 18.7. The average Bonchev–Trinajstić information content (AvgIpc) is 2.88. The number of hydrogen-bond acceptors (Lipinski definition) is 10. The van der Waals surface area contributed by atoms with Crippen molar-refractivity contribution < 1.29 is 35.9 Å². The van der Waals surface area contributed by atoms with Gasteiger partial charge in [0, 0.05) is 20.4 Å². The maximum absolute atomic E-state index is 11.9. The highest BCUT2D eigenvalue weighted by Crippen LogP contribution is 2.15. The number of ether oxygens (including phenoxy) is 2. The van der Waals surface area contributed by atoms with E-state index in [1.54, 1.807) is 52.0 Å². The van der Waals surface area contributed by atoms with E-state index in [1.165, 1.54) is 24.3 Å². The number of sulfonamides is 2. The molecule has 40 heavy (non-hydrogen) atoms. The van der Waals surface area contributed by atoms with Crippen molar-refractivity contribution in [1.82, 2.24) is 9.66 Å². The summed E-state index contributed by atoms with van der Waals surface area (Å²) in [4.78, 5) is 26.7. The number of nitrogens with zero attached hydrogens (tertiary/aromatic N) is 2. The fourth-order valence-electron chi connectivity index (χ4n) is 2.53. The molecule has 2 rings (SSSR count). The van der Waals surface area contributed by atoms with Crippen LogP contribution in [-0.4, -0.2) is 53.4 Å². The molecule has 0 heterocycles. The number of halogens is 2. The second-order valence-electron chi connectivity index (χ2n) is 7.76. The first kappa shape index (κ1) is 35.2. The van der Waals surface area contributed by atoms with E-state index >= 15 is 0 Å². The number of hydrazone groups is 2. The van der Waals surface area contributed by atoms with Gasteiger partial charge < -0.3 is 9.47 Å². The molecule has 2 N–H and O–H groups in total. The molecule has 16 heteroatoms. The molecular formula is C24H30Br2N4O8S2. The Morgan fingerprint density at radius 3 is 1.25 bits per heavy atom. The highest BCUT2D eigenvalue weighted by atomic mass is 79.9. The minimum Gasteiger partial charge on any atom is -0.466 e. The van der Waals surface area contributed by atoms with Crippen molar-refractivity contribution >= 4 is 75.3 Å². The van der Waals surface area contributed by atoms with Gasteiger partial charge in [-0.05, 0) is 76.2 Å². The quantitative estimate of drug-likeness (QED) is 0.187. The number of nitrogens with one attached hydrogen (secondary N) is 2. The predicted octanol–water partition coefficient (Wildman–Crippen LogP) is 4.11. The molecule has 0 radical (unpaired) electrons. The molecule has 220 valence electrons. The fourth-order valence-corrected chi connectivity index (χ4v) is 4.81. The van der Waals surface area contributed by atoms with Crippen LogP contribution in [0, 0.1) is 0 Å². The lowest BCUT2D eigenvalue weighted by atomic mass is 10.3. The topological polar surface area (TPSA) is 170 Å². The minimum absolute atomic E-state index is 0.0588. The first-order valence-corrected chi connectivity index (χ1v) is 16.2. The summed E-state index contributed by atoms with van der Waals surface area (Å²) in [6, 6.07) is 12.2. The molecule has 0 aliphatic carbocycles. The van der Waals surface area contributed by atoms with Crippen molar-refractivity contribution in [2.75, 3.05) is 13.2 Å². The van der Waals surface area contributed by atoms with Crippen LogP contribution in [0.5, 0.6) is 0 Å². The second kappa shape index (κ2) is 17.1. The van der Waals surface area contributed by atoms with Crippen LogP contribution in [0.15, 0.2) is 77.5 Å². The van der Waals surface area contributed by atoms with Gasteiger partial charge in [-0.1, -0.05) is 31.9 Å². The number of carbonyl (C=O) groups is 2. The summed E-state index contributed by atoms with van der Waals surface area (Å²) in [5.41, 5.74) is 0.647. The Morgan fingerprint density at radius 2 is 0.975 bits per heavy atom. The Labute approximate surface area is 251 Å². The van der Waals surface area contributed by atoms with Crippen LogP contribution in [0.25, 0.3) is 0 Å². The summed E-state index contributed by atoms with van der Waals surface area (Å²) in [6.45, 7) is 7.02. The molecule has 0 aromatic heterocycles. The summed E-state index contributed by atoms with van der Waals surface area (Å²) < 4.78 is 58.7. The molecule has 0 fully saturated rings. The summed E-state index contributed by atoms with van der Waals surface area (Å²) >= 11 is 6.44. The van der Waals surface area contributed by atoms with Crippen molar-refractivity contribution in [1.29, 1.82) is 0 Å². The Kier molecular flexibility index (Phi) is 15.0. The van der Waals surface area contributed by atoms with Gasteiger partial charge in [-0.25, -0.2) is 9.66 Å². The Balaban J connectivity index is 0.000000400. The van der Waals surface area contributed by atoms with Gasteiger partial charge in [-0.15, -0.1) is 0 Å². The summed E-state index contributed by atoms with van der Waals surface area (Å²) in [5.74, 6) is -0.895. The largest absolute Gasteiger partial charge is 0.466 e. The van der Waals surface area contributed by atoms with Crippen LogP contribution < -0.4 is 9.66 Å². The van der Waals surface area contributed by atoms with Crippen LogP contribution >= 0.6 is 31.9 Å². The number of carbonyl (C=O) groups excluding carboxylic acids is 2. The first-order valence-electron chi connectivity index (χ1n) is 11.6. The molecule has 2 aromatic rings. The normalized spacial score (nSPS) is 12.1. The van der Waals surface area contributed by atoms with Crippen molar-refractivity contribution in [3.05, 3.63) is 57.5 Å². The average molecular weight is 726 g/mol. The van der Waals surface area contributed by atoms with Crippen molar-refractivity contribution in [2.45, 2.75) is 50.3 Å². The van der Waals surface area contributed by atoms with Gasteiger partial charge in [0.05, 0.1) is 35.8 Å². The Hall–Kier alpha value is -2.82. The maximum Gasteiger partial charge on any atom is 0.311 e. The third-order valence-corrected chi connectivity index (χ3v) is 7.88. The van der Waals surface area contributed by atoms with Gasteiger partial charge in [-0.2, -0.15) is 27.0 Å². The number of rotatable bonds is 12. The summed E-state index contributed by atoms with van der Waals surface area (Å²) in [7, 11) is -7.46. The van der Waals surface area contributed by atoms with E-state index in [4.69, 9.17) is 9.47 Å². The molecule has 0 atom stereocenters. The van der Waals surface area contributed by atoms with Crippen LogP contribution in [0.3, 0.4) is 0 Å². The molecular weight excluding hydrogens is 696 g/mol. The summed E-state index contributed by atoms with van der Waals surface area (Å²) in [5, 5.41) is 7.37. The zero-order valence-corrected chi connectivity index (χ0v) is 27.0. The van der Waals surface area contributed by atoms with E-state index in [-0.39, 0.29) is 35.8 Å². The Bertz CT molecular complexity index is 1300. The fraction of sp³-hybridized carbons (Fsp3) is 0.333. The predicted molar refractivity (Wildman–Crippen MR) is 158 cm³/mol. The monoisotopic (exact) mass is 724 g/mol. The van der Waals surface area contributed by atoms with E-state index in [0.29, 0.717) is 11.4 Å². The molecule has 2 aromatic carbocycles. The number of benzene rings is 2. The van der Waals surface area contributed by atoms with Crippen molar-refractivity contribution in [2.24, 2.45) is 10.2 Å². The van der Waals surface area contributed by atoms with Crippen LogP contribution in [-0.2, 0) is 39.1 Å².